The van der Waals surface area contributed by atoms with Crippen molar-refractivity contribution in [3.05, 3.63) is 0 Å². The number of rotatable bonds is 8. The molecular weight excluding hydrogens is 250 g/mol. The monoisotopic (exact) mass is 273 g/mol. The van der Waals surface area contributed by atoms with Gasteiger partial charge in [-0.05, 0) is 6.42 Å². The van der Waals surface area contributed by atoms with Crippen molar-refractivity contribution < 1.29 is 8.42 Å². The van der Waals surface area contributed by atoms with Gasteiger partial charge in [-0.25, -0.2) is 0 Å². The van der Waals surface area contributed by atoms with Crippen molar-refractivity contribution in [3.63, 3.8) is 0 Å². The molecule has 1 atom stereocenters. The SMILES string of the molecule is CCCCC(CN)NS(=O)(=O)N(C)CC.Cl. The second kappa shape index (κ2) is 9.18. The fourth-order valence-electron chi connectivity index (χ4n) is 1.15. The first-order valence-corrected chi connectivity index (χ1v) is 6.85. The second-order valence-electron chi connectivity index (χ2n) is 3.61. The number of nitrogens with zero attached hydrogens (tertiary/aromatic N) is 1. The van der Waals surface area contributed by atoms with E-state index in [2.05, 4.69) is 11.6 Å². The molecule has 5 nitrogen and oxygen atoms in total. The predicted molar refractivity (Wildman–Crippen MR) is 70.0 cm³/mol. The fraction of sp³-hybridized carbons (Fsp3) is 1.00. The minimum absolute atomic E-state index is 0. The highest BCUT2D eigenvalue weighted by atomic mass is 35.5. The molecule has 0 aromatic carbocycles. The van der Waals surface area contributed by atoms with Gasteiger partial charge < -0.3 is 5.73 Å². The Balaban J connectivity index is 0. The van der Waals surface area contributed by atoms with E-state index in [1.165, 1.54) is 4.31 Å². The van der Waals surface area contributed by atoms with E-state index in [4.69, 9.17) is 5.73 Å². The van der Waals surface area contributed by atoms with Crippen molar-refractivity contribution in [3.8, 4) is 0 Å². The normalized spacial score (nSPS) is 13.6. The smallest absolute Gasteiger partial charge is 0.279 e. The van der Waals surface area contributed by atoms with E-state index in [1.54, 1.807) is 14.0 Å². The summed E-state index contributed by atoms with van der Waals surface area (Å²) >= 11 is 0. The minimum atomic E-state index is -3.35. The van der Waals surface area contributed by atoms with Crippen molar-refractivity contribution >= 4 is 22.6 Å². The summed E-state index contributed by atoms with van der Waals surface area (Å²) in [5, 5.41) is 0. The Kier molecular flexibility index (Phi) is 10.6. The van der Waals surface area contributed by atoms with Crippen LogP contribution in [0.2, 0.25) is 0 Å². The summed E-state index contributed by atoms with van der Waals surface area (Å²) in [4.78, 5) is 0. The van der Waals surface area contributed by atoms with Gasteiger partial charge in [0.15, 0.2) is 0 Å². The van der Waals surface area contributed by atoms with Crippen molar-refractivity contribution in [1.29, 1.82) is 0 Å². The van der Waals surface area contributed by atoms with Gasteiger partial charge >= 0.3 is 0 Å². The molecule has 100 valence electrons. The number of nitrogens with one attached hydrogen (secondary N) is 1. The van der Waals surface area contributed by atoms with Crippen LogP contribution in [0.3, 0.4) is 0 Å². The first kappa shape index (κ1) is 18.5. The van der Waals surface area contributed by atoms with Gasteiger partial charge in [0, 0.05) is 26.2 Å². The van der Waals surface area contributed by atoms with Gasteiger partial charge in [-0.3, -0.25) is 0 Å². The van der Waals surface area contributed by atoms with Gasteiger partial charge in [-0.15, -0.1) is 12.4 Å². The average molecular weight is 274 g/mol. The molecule has 0 heterocycles. The largest absolute Gasteiger partial charge is 0.329 e. The molecule has 0 saturated heterocycles. The molecule has 0 fully saturated rings. The molecule has 0 radical (unpaired) electrons. The maximum absolute atomic E-state index is 11.7. The van der Waals surface area contributed by atoms with Crippen LogP contribution in [0.1, 0.15) is 33.1 Å². The third-order valence-corrected chi connectivity index (χ3v) is 4.07. The Morgan fingerprint density at radius 3 is 2.31 bits per heavy atom. The van der Waals surface area contributed by atoms with Gasteiger partial charge in [0.2, 0.25) is 0 Å². The zero-order valence-electron chi connectivity index (χ0n) is 10.3. The fourth-order valence-corrected chi connectivity index (χ4v) is 2.30. The van der Waals surface area contributed by atoms with Crippen LogP contribution in [0, 0.1) is 0 Å². The standard InChI is InChI=1S/C9H23N3O2S.ClH/c1-4-6-7-9(8-10)11-15(13,14)12(3)5-2;/h9,11H,4-8,10H2,1-3H3;1H. The van der Waals surface area contributed by atoms with Crippen LogP contribution in [-0.2, 0) is 10.2 Å². The molecule has 0 aliphatic rings. The summed E-state index contributed by atoms with van der Waals surface area (Å²) < 4.78 is 27.2. The minimum Gasteiger partial charge on any atom is -0.329 e. The Bertz CT molecular complexity index is 259. The van der Waals surface area contributed by atoms with Crippen LogP contribution in [0.5, 0.6) is 0 Å². The lowest BCUT2D eigenvalue weighted by atomic mass is 10.1. The molecule has 0 aromatic rings. The summed E-state index contributed by atoms with van der Waals surface area (Å²) in [6.45, 7) is 4.67. The maximum Gasteiger partial charge on any atom is 0.279 e. The van der Waals surface area contributed by atoms with Crippen molar-refractivity contribution in [1.82, 2.24) is 9.03 Å². The molecule has 0 aliphatic carbocycles. The highest BCUT2D eigenvalue weighted by Gasteiger charge is 2.19. The molecule has 7 heteroatoms. The van der Waals surface area contributed by atoms with Crippen LogP contribution in [0.4, 0.5) is 0 Å². The molecular formula is C9H24ClN3O2S. The molecule has 1 unspecified atom stereocenters. The zero-order chi connectivity index (χ0) is 11.9. The van der Waals surface area contributed by atoms with Crippen molar-refractivity contribution in [2.75, 3.05) is 20.1 Å². The van der Waals surface area contributed by atoms with E-state index < -0.39 is 10.2 Å². The van der Waals surface area contributed by atoms with Gasteiger partial charge in [-0.2, -0.15) is 17.4 Å². The second-order valence-corrected chi connectivity index (χ2v) is 5.42. The summed E-state index contributed by atoms with van der Waals surface area (Å²) in [6, 6.07) is -0.149. The third kappa shape index (κ3) is 6.65. The number of hydrogen-bond donors (Lipinski definition) is 2. The topological polar surface area (TPSA) is 75.4 Å². The Labute approximate surface area is 105 Å². The van der Waals surface area contributed by atoms with Crippen LogP contribution in [0.15, 0.2) is 0 Å². The lowest BCUT2D eigenvalue weighted by molar-refractivity contribution is 0.449. The van der Waals surface area contributed by atoms with E-state index in [1.807, 2.05) is 0 Å². The Morgan fingerprint density at radius 2 is 1.94 bits per heavy atom. The molecule has 0 bridgehead atoms. The Hall–Kier alpha value is 0.120. The van der Waals surface area contributed by atoms with E-state index in [9.17, 15) is 8.42 Å². The quantitative estimate of drug-likeness (QED) is 0.684. The van der Waals surface area contributed by atoms with E-state index in [-0.39, 0.29) is 18.4 Å². The molecule has 0 spiro atoms. The molecule has 16 heavy (non-hydrogen) atoms. The number of unbranched alkanes of at least 4 members (excludes halogenated alkanes) is 1. The van der Waals surface area contributed by atoms with Crippen molar-refractivity contribution in [2.24, 2.45) is 5.73 Å². The Morgan fingerprint density at radius 1 is 1.38 bits per heavy atom. The zero-order valence-corrected chi connectivity index (χ0v) is 11.9. The molecule has 3 N–H and O–H groups in total. The number of nitrogens with two attached hydrogens (primary N) is 1. The maximum atomic E-state index is 11.7. The van der Waals surface area contributed by atoms with Gasteiger partial charge in [0.05, 0.1) is 0 Å². The summed E-state index contributed by atoms with van der Waals surface area (Å²) in [7, 11) is -1.80. The highest BCUT2D eigenvalue weighted by molar-refractivity contribution is 7.87. The number of halogens is 1. The highest BCUT2D eigenvalue weighted by Crippen LogP contribution is 2.02. The van der Waals surface area contributed by atoms with E-state index in [0.717, 1.165) is 19.3 Å². The predicted octanol–water partition coefficient (Wildman–Crippen LogP) is 0.712. The van der Waals surface area contributed by atoms with Crippen molar-refractivity contribution in [2.45, 2.75) is 39.2 Å². The van der Waals surface area contributed by atoms with Gasteiger partial charge in [0.1, 0.15) is 0 Å². The summed E-state index contributed by atoms with van der Waals surface area (Å²) in [6.07, 6.45) is 2.83. The lowest BCUT2D eigenvalue weighted by Gasteiger charge is -2.21. The van der Waals surface area contributed by atoms with E-state index in [0.29, 0.717) is 13.1 Å². The number of hydrogen-bond acceptors (Lipinski definition) is 3. The molecule has 0 aliphatic heterocycles. The summed E-state index contributed by atoms with van der Waals surface area (Å²) in [5.41, 5.74) is 5.52. The van der Waals surface area contributed by atoms with Crippen LogP contribution in [0.25, 0.3) is 0 Å². The molecule has 0 amide bonds. The first-order valence-electron chi connectivity index (χ1n) is 5.41. The van der Waals surface area contributed by atoms with Crippen LogP contribution in [-0.4, -0.2) is 38.9 Å². The lowest BCUT2D eigenvalue weighted by Crippen LogP contribution is -2.46. The molecule has 0 aromatic heterocycles. The third-order valence-electron chi connectivity index (χ3n) is 2.36. The summed E-state index contributed by atoms with van der Waals surface area (Å²) in [5.74, 6) is 0. The van der Waals surface area contributed by atoms with Crippen LogP contribution >= 0.6 is 12.4 Å². The van der Waals surface area contributed by atoms with Gasteiger partial charge in [-0.1, -0.05) is 26.7 Å². The average Bonchev–Trinajstić information content (AvgIpc) is 2.22. The van der Waals surface area contributed by atoms with Gasteiger partial charge in [0.25, 0.3) is 10.2 Å². The molecule has 0 saturated carbocycles. The van der Waals surface area contributed by atoms with E-state index >= 15 is 0 Å². The molecule has 0 rings (SSSR count). The van der Waals surface area contributed by atoms with Crippen LogP contribution < -0.4 is 10.5 Å². The first-order chi connectivity index (χ1) is 6.97.